The van der Waals surface area contributed by atoms with Gasteiger partial charge in [0.1, 0.15) is 22.8 Å². The molecule has 3 atom stereocenters. The van der Waals surface area contributed by atoms with Crippen molar-refractivity contribution in [3.63, 3.8) is 0 Å². The van der Waals surface area contributed by atoms with Crippen molar-refractivity contribution in [2.75, 3.05) is 62.7 Å². The first kappa shape index (κ1) is 41.4. The number of pyridine rings is 1. The Kier molecular flexibility index (Phi) is 10.9. The van der Waals surface area contributed by atoms with Crippen molar-refractivity contribution in [2.45, 2.75) is 71.1 Å². The van der Waals surface area contributed by atoms with Gasteiger partial charge in [0.25, 0.3) is 21.6 Å². The maximum absolute atomic E-state index is 13.9. The third kappa shape index (κ3) is 8.36. The average molecular weight is 852 g/mol. The molecular weight excluding hydrogens is 795 g/mol. The summed E-state index contributed by atoms with van der Waals surface area (Å²) in [6.07, 6.45) is 9.99. The lowest BCUT2D eigenvalue weighted by molar-refractivity contribution is -0.384. The first-order valence-electron chi connectivity index (χ1n) is 21.8. The standard InChI is InChI=1S/C46H57N7O7S/c1-29(2)42-38-25-46(38,42)37-24-45(3,4)13-9-32(37)28-51-15-17-52(18-16-51)33-5-7-36(41(22-33)60-34-21-31-10-14-47-43(31)49-27-34)44(54)50-61(57,58)35-6-8-39(40(23-35)53(55)56)48-26-30-11-19-59-20-12-30/h5-8,10,14,21-23,27,29-30,38,42,48H,9,11-13,15-20,24-26,28H2,1-4H3,(H,47,49)(H,50,54). The number of nitrogens with zero attached hydrogens (tertiary/aromatic N) is 4. The van der Waals surface area contributed by atoms with Crippen molar-refractivity contribution in [1.82, 2.24) is 19.6 Å². The molecule has 61 heavy (non-hydrogen) atoms. The highest BCUT2D eigenvalue weighted by molar-refractivity contribution is 7.90. The second-order valence-corrected chi connectivity index (χ2v) is 20.7. The van der Waals surface area contributed by atoms with Crippen LogP contribution in [0.2, 0.25) is 0 Å². The minimum Gasteiger partial charge on any atom is -0.455 e. The molecule has 2 aromatic carbocycles. The van der Waals surface area contributed by atoms with E-state index < -0.39 is 31.4 Å². The summed E-state index contributed by atoms with van der Waals surface area (Å²) >= 11 is 0. The van der Waals surface area contributed by atoms with Gasteiger partial charge in [-0.05, 0) is 109 Å². The van der Waals surface area contributed by atoms with E-state index in [2.05, 4.69) is 57.5 Å². The molecule has 14 nitrogen and oxygen atoms in total. The van der Waals surface area contributed by atoms with E-state index in [4.69, 9.17) is 9.47 Å². The van der Waals surface area contributed by atoms with Crippen molar-refractivity contribution in [3.8, 4) is 11.5 Å². The number of ether oxygens (including phenoxy) is 2. The van der Waals surface area contributed by atoms with Crippen LogP contribution < -0.4 is 19.7 Å². The molecule has 0 spiro atoms. The average Bonchev–Trinajstić information content (AvgIpc) is 4.06. The Morgan fingerprint density at radius 1 is 1.08 bits per heavy atom. The van der Waals surface area contributed by atoms with Gasteiger partial charge in [0.15, 0.2) is 0 Å². The molecule has 3 aliphatic carbocycles. The van der Waals surface area contributed by atoms with Crippen LogP contribution in [0, 0.1) is 44.6 Å². The Labute approximate surface area is 357 Å². The largest absolute Gasteiger partial charge is 0.455 e. The van der Waals surface area contributed by atoms with Crippen LogP contribution in [0.4, 0.5) is 17.1 Å². The summed E-state index contributed by atoms with van der Waals surface area (Å²) in [6, 6.07) is 12.4. The highest BCUT2D eigenvalue weighted by Gasteiger charge is 2.80. The number of benzene rings is 2. The van der Waals surface area contributed by atoms with Crippen LogP contribution in [0.1, 0.15) is 76.6 Å². The summed E-state index contributed by atoms with van der Waals surface area (Å²) < 4.78 is 41.2. The number of H-pyrrole nitrogens is 1. The molecule has 5 aliphatic rings. The van der Waals surface area contributed by atoms with Crippen LogP contribution >= 0.6 is 0 Å². The van der Waals surface area contributed by atoms with Gasteiger partial charge in [-0.1, -0.05) is 38.8 Å². The van der Waals surface area contributed by atoms with E-state index in [0.717, 1.165) is 80.5 Å². The number of aromatic nitrogens is 2. The molecule has 4 aromatic rings. The number of anilines is 2. The maximum Gasteiger partial charge on any atom is 0.293 e. The van der Waals surface area contributed by atoms with E-state index in [1.54, 1.807) is 41.7 Å². The van der Waals surface area contributed by atoms with Gasteiger partial charge in [-0.15, -0.1) is 0 Å². The van der Waals surface area contributed by atoms with Gasteiger partial charge in [-0.3, -0.25) is 19.8 Å². The fraction of sp³-hybridized carbons (Fsp3) is 0.522. The second kappa shape index (κ2) is 16.0. The van der Waals surface area contributed by atoms with Gasteiger partial charge in [-0.25, -0.2) is 18.1 Å². The van der Waals surface area contributed by atoms with Gasteiger partial charge in [0, 0.05) is 81.9 Å². The van der Waals surface area contributed by atoms with E-state index in [1.807, 2.05) is 12.1 Å². The van der Waals surface area contributed by atoms with E-state index >= 15 is 0 Å². The van der Waals surface area contributed by atoms with E-state index in [0.29, 0.717) is 42.0 Å². The number of allylic oxidation sites excluding steroid dienone is 1. The fourth-order valence-electron chi connectivity index (χ4n) is 10.5. The number of fused-ring (bicyclic) bond motifs is 2. The molecule has 0 bridgehead atoms. The van der Waals surface area contributed by atoms with Crippen LogP contribution in [-0.4, -0.2) is 86.6 Å². The Morgan fingerprint density at radius 3 is 2.59 bits per heavy atom. The topological polar surface area (TPSA) is 172 Å². The number of aromatic amines is 1. The lowest BCUT2D eigenvalue weighted by Crippen LogP contribution is -2.47. The van der Waals surface area contributed by atoms with Gasteiger partial charge >= 0.3 is 0 Å². The number of carbonyl (C=O) groups excluding carboxylic acids is 1. The molecule has 3 unspecified atom stereocenters. The predicted molar refractivity (Wildman–Crippen MR) is 235 cm³/mol. The molecule has 4 heterocycles. The molecule has 2 aromatic heterocycles. The van der Waals surface area contributed by atoms with E-state index in [1.165, 1.54) is 37.8 Å². The fourth-order valence-corrected chi connectivity index (χ4v) is 11.5. The van der Waals surface area contributed by atoms with Crippen LogP contribution in [0.3, 0.4) is 0 Å². The number of amides is 1. The summed E-state index contributed by atoms with van der Waals surface area (Å²) in [4.78, 5) is 37.3. The van der Waals surface area contributed by atoms with Gasteiger partial charge in [0.05, 0.1) is 21.6 Å². The summed E-state index contributed by atoms with van der Waals surface area (Å²) in [5.74, 6) is 2.37. The Morgan fingerprint density at radius 2 is 1.87 bits per heavy atom. The molecule has 2 saturated heterocycles. The number of hydrogen-bond donors (Lipinski definition) is 3. The minimum atomic E-state index is -4.54. The third-order valence-corrected chi connectivity index (χ3v) is 15.4. The monoisotopic (exact) mass is 851 g/mol. The number of rotatable bonds is 14. The summed E-state index contributed by atoms with van der Waals surface area (Å²) in [5.41, 5.74) is 5.62. The zero-order valence-corrected chi connectivity index (χ0v) is 36.4. The van der Waals surface area contributed by atoms with E-state index in [-0.39, 0.29) is 22.9 Å². The maximum atomic E-state index is 13.9. The Hall–Kier alpha value is -4.99. The quantitative estimate of drug-likeness (QED) is 0.0635. The van der Waals surface area contributed by atoms with Gasteiger partial charge in [-0.2, -0.15) is 0 Å². The van der Waals surface area contributed by atoms with Crippen molar-refractivity contribution in [3.05, 3.63) is 87.7 Å². The van der Waals surface area contributed by atoms with Crippen LogP contribution in [0.15, 0.2) is 77.0 Å². The molecule has 1 amide bonds. The van der Waals surface area contributed by atoms with Gasteiger partial charge < -0.3 is 24.7 Å². The third-order valence-electron chi connectivity index (χ3n) is 14.0. The number of nitro benzene ring substituents is 1. The van der Waals surface area contributed by atoms with Crippen LogP contribution in [-0.2, 0) is 14.8 Å². The molecular formula is C46H57N7O7S. The number of carbonyl (C=O) groups is 1. The zero-order valence-electron chi connectivity index (χ0n) is 35.5. The van der Waals surface area contributed by atoms with Crippen molar-refractivity contribution >= 4 is 44.0 Å². The predicted octanol–water partition coefficient (Wildman–Crippen LogP) is 8.14. The highest BCUT2D eigenvalue weighted by Crippen LogP contribution is 2.86. The summed E-state index contributed by atoms with van der Waals surface area (Å²) in [6.45, 7) is 15.8. The van der Waals surface area contributed by atoms with Crippen molar-refractivity contribution in [2.24, 2.45) is 34.5 Å². The molecule has 3 N–H and O–H groups in total. The number of nitro groups is 1. The SMILES string of the molecule is CC(C)C1C2CC21C1=C(CN2CCN(c3ccc(C(=O)NS(=O)(=O)c4ccc(NCC5CCOCC5)c([N+](=O)[O-])c4)c(Oc4cnc5[nH]ccc5c4)c3)CC2)CCC(C)(C)C1. The van der Waals surface area contributed by atoms with Crippen molar-refractivity contribution < 1.29 is 27.6 Å². The first-order valence-corrected chi connectivity index (χ1v) is 23.3. The number of piperazine rings is 1. The molecule has 324 valence electrons. The lowest BCUT2D eigenvalue weighted by Gasteiger charge is -2.40. The molecule has 15 heteroatoms. The molecule has 2 saturated carbocycles. The molecule has 9 rings (SSSR count). The second-order valence-electron chi connectivity index (χ2n) is 19.0. The Bertz CT molecular complexity index is 2490. The summed E-state index contributed by atoms with van der Waals surface area (Å²) in [7, 11) is -4.54. The normalized spacial score (nSPS) is 24.1. The first-order chi connectivity index (χ1) is 29.2. The molecule has 4 fully saturated rings. The van der Waals surface area contributed by atoms with Crippen LogP contribution in [0.25, 0.3) is 11.0 Å². The minimum absolute atomic E-state index is 0.0124. The smallest absolute Gasteiger partial charge is 0.293 e. The van der Waals surface area contributed by atoms with E-state index in [9.17, 15) is 23.3 Å². The molecule has 2 aliphatic heterocycles. The highest BCUT2D eigenvalue weighted by atomic mass is 32.2. The van der Waals surface area contributed by atoms with Crippen molar-refractivity contribution in [1.29, 1.82) is 0 Å². The number of sulfonamides is 1. The lowest BCUT2D eigenvalue weighted by atomic mass is 9.70. The Balaban J connectivity index is 0.923. The zero-order chi connectivity index (χ0) is 42.7. The molecule has 0 radical (unpaired) electrons. The summed E-state index contributed by atoms with van der Waals surface area (Å²) in [5, 5.41) is 16.0. The van der Waals surface area contributed by atoms with Crippen LogP contribution in [0.5, 0.6) is 11.5 Å². The number of hydrogen-bond acceptors (Lipinski definition) is 11. The number of nitrogens with one attached hydrogen (secondary N) is 3. The van der Waals surface area contributed by atoms with Gasteiger partial charge in [0.2, 0.25) is 0 Å².